The van der Waals surface area contributed by atoms with Crippen LogP contribution in [0.3, 0.4) is 0 Å². The Morgan fingerprint density at radius 3 is 2.72 bits per heavy atom. The van der Waals surface area contributed by atoms with Crippen molar-refractivity contribution in [2.24, 2.45) is 5.92 Å². The predicted octanol–water partition coefficient (Wildman–Crippen LogP) is 8.47. The molecule has 0 aliphatic rings. The third-order valence-corrected chi connectivity index (χ3v) is 7.04. The van der Waals surface area contributed by atoms with Crippen LogP contribution in [0, 0.1) is 5.92 Å². The predicted molar refractivity (Wildman–Crippen MR) is 152 cm³/mol. The molecule has 4 heterocycles. The molecule has 0 aliphatic heterocycles. The smallest absolute Gasteiger partial charge is 0.116 e. The monoisotopic (exact) mass is 489 g/mol. The Bertz CT molecular complexity index is 1690. The van der Waals surface area contributed by atoms with Gasteiger partial charge >= 0.3 is 0 Å². The number of aromatic nitrogens is 4. The lowest BCUT2D eigenvalue weighted by molar-refractivity contribution is 0.645. The molecule has 3 N–H and O–H groups in total. The number of H-pyrrole nitrogens is 2. The molecule has 5 nitrogen and oxygen atoms in total. The Balaban J connectivity index is 1.38. The summed E-state index contributed by atoms with van der Waals surface area (Å²) in [6.07, 6.45) is 4.66. The second-order valence-electron chi connectivity index (χ2n) is 9.58. The summed E-state index contributed by atoms with van der Waals surface area (Å²) in [5.41, 5.74) is 10.5. The SMILES string of the molecule is C=C(CC(C)C)Nc1cncc(-c2ccc3[nH]nc(-c4cc5c(-c6ccsc6)cccc5[nH]4)c3c2)c1. The van der Waals surface area contributed by atoms with Crippen molar-refractivity contribution in [2.45, 2.75) is 20.3 Å². The van der Waals surface area contributed by atoms with Gasteiger partial charge in [0.2, 0.25) is 0 Å². The highest BCUT2D eigenvalue weighted by atomic mass is 32.1. The Labute approximate surface area is 213 Å². The second-order valence-corrected chi connectivity index (χ2v) is 10.4. The van der Waals surface area contributed by atoms with Crippen molar-refractivity contribution in [1.29, 1.82) is 0 Å². The molecule has 6 aromatic rings. The number of anilines is 1. The minimum atomic E-state index is 0.550. The van der Waals surface area contributed by atoms with Gasteiger partial charge in [0.1, 0.15) is 5.69 Å². The van der Waals surface area contributed by atoms with E-state index in [1.807, 2.05) is 12.4 Å². The van der Waals surface area contributed by atoms with E-state index in [0.29, 0.717) is 5.92 Å². The van der Waals surface area contributed by atoms with Gasteiger partial charge < -0.3 is 10.3 Å². The number of pyridine rings is 1. The summed E-state index contributed by atoms with van der Waals surface area (Å²) in [7, 11) is 0. The summed E-state index contributed by atoms with van der Waals surface area (Å²) in [4.78, 5) is 8.06. The lowest BCUT2D eigenvalue weighted by atomic mass is 10.0. The number of hydrogen-bond acceptors (Lipinski definition) is 4. The maximum atomic E-state index is 4.68. The van der Waals surface area contributed by atoms with Gasteiger partial charge in [-0.05, 0) is 76.2 Å². The molecule has 4 aromatic heterocycles. The zero-order chi connectivity index (χ0) is 24.6. The molecule has 6 heteroatoms. The third-order valence-electron chi connectivity index (χ3n) is 6.36. The van der Waals surface area contributed by atoms with E-state index in [1.54, 1.807) is 11.3 Å². The number of benzene rings is 2. The molecular weight excluding hydrogens is 462 g/mol. The first kappa shape index (κ1) is 22.3. The number of nitrogens with one attached hydrogen (secondary N) is 3. The minimum absolute atomic E-state index is 0.550. The first-order valence-electron chi connectivity index (χ1n) is 12.1. The molecule has 36 heavy (non-hydrogen) atoms. The highest BCUT2D eigenvalue weighted by Crippen LogP contribution is 2.36. The topological polar surface area (TPSA) is 69.4 Å². The Hall–Kier alpha value is -4.16. The largest absolute Gasteiger partial charge is 0.358 e. The van der Waals surface area contributed by atoms with Crippen LogP contribution in [0.5, 0.6) is 0 Å². The van der Waals surface area contributed by atoms with Crippen LogP contribution in [-0.4, -0.2) is 20.2 Å². The number of nitrogens with zero attached hydrogens (tertiary/aromatic N) is 2. The van der Waals surface area contributed by atoms with Crippen LogP contribution in [0.1, 0.15) is 20.3 Å². The molecule has 0 amide bonds. The molecule has 0 bridgehead atoms. The summed E-state index contributed by atoms with van der Waals surface area (Å²) in [5.74, 6) is 0.550. The fourth-order valence-electron chi connectivity index (χ4n) is 4.77. The Morgan fingerprint density at radius 2 is 1.89 bits per heavy atom. The van der Waals surface area contributed by atoms with Crippen molar-refractivity contribution in [1.82, 2.24) is 20.2 Å². The lowest BCUT2D eigenvalue weighted by Crippen LogP contribution is -2.02. The first-order chi connectivity index (χ1) is 17.5. The summed E-state index contributed by atoms with van der Waals surface area (Å²) in [5, 5.41) is 17.9. The number of rotatable bonds is 7. The maximum Gasteiger partial charge on any atom is 0.116 e. The zero-order valence-electron chi connectivity index (χ0n) is 20.3. The molecule has 2 aromatic carbocycles. The van der Waals surface area contributed by atoms with Crippen LogP contribution in [0.2, 0.25) is 0 Å². The van der Waals surface area contributed by atoms with Crippen LogP contribution in [0.15, 0.2) is 90.0 Å². The third kappa shape index (κ3) is 4.20. The van der Waals surface area contributed by atoms with E-state index in [9.17, 15) is 0 Å². The Morgan fingerprint density at radius 1 is 0.972 bits per heavy atom. The molecule has 0 atom stereocenters. The Kier molecular flexibility index (Phi) is 5.66. The quantitative estimate of drug-likeness (QED) is 0.211. The molecule has 0 aliphatic carbocycles. The lowest BCUT2D eigenvalue weighted by Gasteiger charge is -2.12. The van der Waals surface area contributed by atoms with E-state index < -0.39 is 0 Å². The number of hydrogen-bond donors (Lipinski definition) is 3. The average Bonchev–Trinajstić information content (AvgIpc) is 3.62. The van der Waals surface area contributed by atoms with Crippen molar-refractivity contribution in [3.05, 3.63) is 90.0 Å². The van der Waals surface area contributed by atoms with Gasteiger partial charge in [-0.25, -0.2) is 0 Å². The van der Waals surface area contributed by atoms with Crippen molar-refractivity contribution >= 4 is 38.8 Å². The van der Waals surface area contributed by atoms with Crippen molar-refractivity contribution < 1.29 is 0 Å². The van der Waals surface area contributed by atoms with E-state index in [-0.39, 0.29) is 0 Å². The van der Waals surface area contributed by atoms with Crippen LogP contribution >= 0.6 is 11.3 Å². The maximum absolute atomic E-state index is 4.68. The summed E-state index contributed by atoms with van der Waals surface area (Å²) in [6.45, 7) is 8.54. The van der Waals surface area contributed by atoms with E-state index in [2.05, 4.69) is 111 Å². The molecule has 0 fully saturated rings. The van der Waals surface area contributed by atoms with Crippen molar-refractivity contribution in [3.63, 3.8) is 0 Å². The summed E-state index contributed by atoms with van der Waals surface area (Å²) < 4.78 is 0. The second kappa shape index (κ2) is 9.13. The fourth-order valence-corrected chi connectivity index (χ4v) is 5.42. The van der Waals surface area contributed by atoms with Gasteiger partial charge in [-0.2, -0.15) is 16.4 Å². The highest BCUT2D eigenvalue weighted by Gasteiger charge is 2.14. The van der Waals surface area contributed by atoms with E-state index in [4.69, 9.17) is 0 Å². The molecule has 178 valence electrons. The van der Waals surface area contributed by atoms with E-state index in [0.717, 1.165) is 56.7 Å². The van der Waals surface area contributed by atoms with Crippen LogP contribution in [-0.2, 0) is 0 Å². The van der Waals surface area contributed by atoms with Gasteiger partial charge in [0.25, 0.3) is 0 Å². The standard InChI is InChI=1S/C30H27N5S/c1-18(2)11-19(3)32-23-12-22(15-31-16-23)20-7-8-28-26(13-20)30(35-34-28)29-14-25-24(21-9-10-36-17-21)5-4-6-27(25)33-29/h4-10,12-18,32-33H,3,11H2,1-2H3,(H,34,35). The molecule has 0 unspecified atom stereocenters. The van der Waals surface area contributed by atoms with E-state index >= 15 is 0 Å². The van der Waals surface area contributed by atoms with Gasteiger partial charge in [0.05, 0.1) is 23.1 Å². The van der Waals surface area contributed by atoms with E-state index in [1.165, 1.54) is 16.5 Å². The summed E-state index contributed by atoms with van der Waals surface area (Å²) >= 11 is 1.71. The molecule has 0 saturated carbocycles. The molecule has 0 radical (unpaired) electrons. The molecule has 0 spiro atoms. The van der Waals surface area contributed by atoms with Crippen LogP contribution in [0.25, 0.3) is 55.4 Å². The highest BCUT2D eigenvalue weighted by molar-refractivity contribution is 7.08. The van der Waals surface area contributed by atoms with Crippen molar-refractivity contribution in [3.8, 4) is 33.6 Å². The van der Waals surface area contributed by atoms with Crippen LogP contribution < -0.4 is 5.32 Å². The van der Waals surface area contributed by atoms with Crippen molar-refractivity contribution in [2.75, 3.05) is 5.32 Å². The van der Waals surface area contributed by atoms with Gasteiger partial charge in [0.15, 0.2) is 0 Å². The van der Waals surface area contributed by atoms with Gasteiger partial charge in [-0.15, -0.1) is 0 Å². The minimum Gasteiger partial charge on any atom is -0.358 e. The van der Waals surface area contributed by atoms with Gasteiger partial charge in [-0.1, -0.05) is 38.6 Å². The zero-order valence-corrected chi connectivity index (χ0v) is 21.1. The van der Waals surface area contributed by atoms with Gasteiger partial charge in [0, 0.05) is 33.7 Å². The normalized spacial score (nSPS) is 11.5. The van der Waals surface area contributed by atoms with Gasteiger partial charge in [-0.3, -0.25) is 10.1 Å². The summed E-state index contributed by atoms with van der Waals surface area (Å²) in [6, 6.07) is 19.2. The number of allylic oxidation sites excluding steroid dienone is 1. The number of thiophene rings is 1. The molecule has 0 saturated heterocycles. The van der Waals surface area contributed by atoms with Crippen LogP contribution in [0.4, 0.5) is 5.69 Å². The molecular formula is C30H27N5S. The molecule has 6 rings (SSSR count). The fraction of sp³-hybridized carbons (Fsp3) is 0.133. The average molecular weight is 490 g/mol. The number of fused-ring (bicyclic) bond motifs is 2. The first-order valence-corrected chi connectivity index (χ1v) is 13.0. The number of aromatic amines is 2.